The molecule has 3 aliphatic rings. The van der Waals surface area contributed by atoms with Gasteiger partial charge in [-0.25, -0.2) is 0 Å². The number of morpholine rings is 1. The summed E-state index contributed by atoms with van der Waals surface area (Å²) in [5.74, 6) is 3.09. The molecule has 3 rings (SSSR count). The number of fused-ring (bicyclic) bond motifs is 1. The summed E-state index contributed by atoms with van der Waals surface area (Å²) < 4.78 is 5.42. The number of hydrogen-bond acceptors (Lipinski definition) is 3. The molecule has 1 aliphatic heterocycles. The molecular formula is C18H34N2O. The largest absolute Gasteiger partial charge is 0.379 e. The summed E-state index contributed by atoms with van der Waals surface area (Å²) in [4.78, 5) is 2.54. The van der Waals surface area contributed by atoms with Crippen molar-refractivity contribution < 1.29 is 4.74 Å². The molecule has 3 heteroatoms. The highest BCUT2D eigenvalue weighted by molar-refractivity contribution is 4.84. The Kier molecular flexibility index (Phi) is 5.96. The van der Waals surface area contributed by atoms with Crippen molar-refractivity contribution in [3.05, 3.63) is 0 Å². The third kappa shape index (κ3) is 4.67. The Morgan fingerprint density at radius 1 is 1.05 bits per heavy atom. The molecule has 0 aromatic heterocycles. The Morgan fingerprint density at radius 3 is 2.62 bits per heavy atom. The Balaban J connectivity index is 1.34. The van der Waals surface area contributed by atoms with Crippen LogP contribution in [-0.2, 0) is 4.74 Å². The van der Waals surface area contributed by atoms with E-state index in [4.69, 9.17) is 4.74 Å². The molecule has 4 atom stereocenters. The van der Waals surface area contributed by atoms with Gasteiger partial charge in [0.05, 0.1) is 13.2 Å². The molecule has 2 saturated carbocycles. The van der Waals surface area contributed by atoms with Crippen molar-refractivity contribution >= 4 is 0 Å². The zero-order chi connectivity index (χ0) is 14.5. The van der Waals surface area contributed by atoms with Gasteiger partial charge in [0, 0.05) is 25.7 Å². The highest BCUT2D eigenvalue weighted by atomic mass is 16.5. The molecule has 3 nitrogen and oxygen atoms in total. The van der Waals surface area contributed by atoms with E-state index >= 15 is 0 Å². The van der Waals surface area contributed by atoms with Crippen LogP contribution in [0, 0.1) is 17.8 Å². The Hall–Kier alpha value is -0.120. The van der Waals surface area contributed by atoms with Crippen molar-refractivity contribution in [3.8, 4) is 0 Å². The van der Waals surface area contributed by atoms with Gasteiger partial charge >= 0.3 is 0 Å². The molecule has 0 amide bonds. The number of ether oxygens (including phenoxy) is 1. The second-order valence-electron chi connectivity index (χ2n) is 7.71. The fraction of sp³-hybridized carbons (Fsp3) is 1.00. The molecule has 0 spiro atoms. The standard InChI is InChI=1S/C18H34N2O/c1-15(14-20-8-10-21-11-9-20)19-13-16-6-7-17-4-2-3-5-18(17)12-16/h15-19H,2-14H2,1H3. The molecule has 1 N–H and O–H groups in total. The van der Waals surface area contributed by atoms with Crippen molar-refractivity contribution in [2.45, 2.75) is 57.9 Å². The smallest absolute Gasteiger partial charge is 0.0594 e. The van der Waals surface area contributed by atoms with Crippen molar-refractivity contribution in [3.63, 3.8) is 0 Å². The summed E-state index contributed by atoms with van der Waals surface area (Å²) in [6, 6.07) is 0.618. The van der Waals surface area contributed by atoms with Crippen LogP contribution in [0.15, 0.2) is 0 Å². The Morgan fingerprint density at radius 2 is 1.81 bits per heavy atom. The van der Waals surface area contributed by atoms with Gasteiger partial charge in [0.15, 0.2) is 0 Å². The first-order chi connectivity index (χ1) is 10.3. The van der Waals surface area contributed by atoms with E-state index < -0.39 is 0 Å². The highest BCUT2D eigenvalue weighted by Crippen LogP contribution is 2.42. The molecule has 4 unspecified atom stereocenters. The van der Waals surface area contributed by atoms with E-state index in [1.165, 1.54) is 58.0 Å². The average Bonchev–Trinajstić information content (AvgIpc) is 2.54. The maximum atomic E-state index is 5.42. The monoisotopic (exact) mass is 294 g/mol. The molecule has 0 aromatic carbocycles. The Bertz CT molecular complexity index is 304. The van der Waals surface area contributed by atoms with Crippen molar-refractivity contribution in [2.75, 3.05) is 39.4 Å². The van der Waals surface area contributed by atoms with E-state index in [2.05, 4.69) is 17.1 Å². The topological polar surface area (TPSA) is 24.5 Å². The normalized spacial score (nSPS) is 36.1. The predicted octanol–water partition coefficient (Wildman–Crippen LogP) is 2.90. The van der Waals surface area contributed by atoms with Gasteiger partial charge in [-0.2, -0.15) is 0 Å². The van der Waals surface area contributed by atoms with Gasteiger partial charge in [-0.3, -0.25) is 4.90 Å². The summed E-state index contributed by atoms with van der Waals surface area (Å²) in [5, 5.41) is 3.81. The van der Waals surface area contributed by atoms with Gasteiger partial charge in [-0.1, -0.05) is 25.7 Å². The maximum absolute atomic E-state index is 5.42. The minimum absolute atomic E-state index is 0.618. The van der Waals surface area contributed by atoms with Crippen LogP contribution in [0.2, 0.25) is 0 Å². The predicted molar refractivity (Wildman–Crippen MR) is 87.5 cm³/mol. The number of nitrogens with one attached hydrogen (secondary N) is 1. The number of rotatable bonds is 5. The lowest BCUT2D eigenvalue weighted by atomic mass is 9.67. The molecule has 1 saturated heterocycles. The van der Waals surface area contributed by atoms with Crippen LogP contribution in [0.5, 0.6) is 0 Å². The van der Waals surface area contributed by atoms with Crippen LogP contribution in [0.25, 0.3) is 0 Å². The van der Waals surface area contributed by atoms with E-state index in [9.17, 15) is 0 Å². The summed E-state index contributed by atoms with van der Waals surface area (Å²) in [7, 11) is 0. The molecule has 0 aromatic rings. The fourth-order valence-electron chi connectivity index (χ4n) is 4.76. The minimum atomic E-state index is 0.618. The van der Waals surface area contributed by atoms with Crippen LogP contribution < -0.4 is 5.32 Å². The summed E-state index contributed by atoms with van der Waals surface area (Å²) in [5.41, 5.74) is 0. The molecule has 1 heterocycles. The minimum Gasteiger partial charge on any atom is -0.379 e. The van der Waals surface area contributed by atoms with Gasteiger partial charge in [-0.05, 0) is 50.5 Å². The molecule has 3 fully saturated rings. The number of nitrogens with zero attached hydrogens (tertiary/aromatic N) is 1. The van der Waals surface area contributed by atoms with Gasteiger partial charge < -0.3 is 10.1 Å². The van der Waals surface area contributed by atoms with Gasteiger partial charge in [-0.15, -0.1) is 0 Å². The molecule has 0 radical (unpaired) electrons. The lowest BCUT2D eigenvalue weighted by molar-refractivity contribution is 0.0338. The van der Waals surface area contributed by atoms with E-state index in [1.807, 2.05) is 0 Å². The van der Waals surface area contributed by atoms with Crippen LogP contribution in [-0.4, -0.2) is 50.3 Å². The van der Waals surface area contributed by atoms with E-state index in [1.54, 1.807) is 0 Å². The van der Waals surface area contributed by atoms with Crippen LogP contribution in [0.3, 0.4) is 0 Å². The lowest BCUT2D eigenvalue weighted by Gasteiger charge is -2.40. The molecule has 21 heavy (non-hydrogen) atoms. The van der Waals surface area contributed by atoms with Crippen molar-refractivity contribution in [2.24, 2.45) is 17.8 Å². The average molecular weight is 294 g/mol. The van der Waals surface area contributed by atoms with Crippen molar-refractivity contribution in [1.29, 1.82) is 0 Å². The van der Waals surface area contributed by atoms with Crippen LogP contribution >= 0.6 is 0 Å². The number of hydrogen-bond donors (Lipinski definition) is 1. The molecule has 0 bridgehead atoms. The van der Waals surface area contributed by atoms with Gasteiger partial charge in [0.2, 0.25) is 0 Å². The van der Waals surface area contributed by atoms with Crippen LogP contribution in [0.1, 0.15) is 51.9 Å². The van der Waals surface area contributed by atoms with Gasteiger partial charge in [0.25, 0.3) is 0 Å². The second kappa shape index (κ2) is 7.94. The molecule has 2 aliphatic carbocycles. The van der Waals surface area contributed by atoms with E-state index in [0.717, 1.165) is 44.1 Å². The van der Waals surface area contributed by atoms with E-state index in [0.29, 0.717) is 6.04 Å². The first kappa shape index (κ1) is 15.8. The highest BCUT2D eigenvalue weighted by Gasteiger charge is 2.32. The summed E-state index contributed by atoms with van der Waals surface area (Å²) in [6.45, 7) is 8.83. The fourth-order valence-corrected chi connectivity index (χ4v) is 4.76. The summed E-state index contributed by atoms with van der Waals surface area (Å²) in [6.07, 6.45) is 10.5. The lowest BCUT2D eigenvalue weighted by Crippen LogP contribution is -2.45. The quantitative estimate of drug-likeness (QED) is 0.844. The van der Waals surface area contributed by atoms with Crippen molar-refractivity contribution in [1.82, 2.24) is 10.2 Å². The second-order valence-corrected chi connectivity index (χ2v) is 7.71. The zero-order valence-electron chi connectivity index (χ0n) is 13.9. The summed E-state index contributed by atoms with van der Waals surface area (Å²) >= 11 is 0. The zero-order valence-corrected chi connectivity index (χ0v) is 13.9. The molecule has 122 valence electrons. The van der Waals surface area contributed by atoms with Gasteiger partial charge in [0.1, 0.15) is 0 Å². The first-order valence-corrected chi connectivity index (χ1v) is 9.34. The first-order valence-electron chi connectivity index (χ1n) is 9.34. The third-order valence-electron chi connectivity index (χ3n) is 6.04. The van der Waals surface area contributed by atoms with Crippen LogP contribution in [0.4, 0.5) is 0 Å². The molecular weight excluding hydrogens is 260 g/mol. The third-order valence-corrected chi connectivity index (χ3v) is 6.04. The maximum Gasteiger partial charge on any atom is 0.0594 e. The van der Waals surface area contributed by atoms with E-state index in [-0.39, 0.29) is 0 Å². The Labute approximate surface area is 130 Å². The SMILES string of the molecule is CC(CN1CCOCC1)NCC1CCC2CCCCC2C1.